The van der Waals surface area contributed by atoms with E-state index < -0.39 is 6.09 Å². The van der Waals surface area contributed by atoms with Gasteiger partial charge in [-0.3, -0.25) is 10.7 Å². The average Bonchev–Trinajstić information content (AvgIpc) is 2.41. The number of hydrogen-bond acceptors (Lipinski definition) is 5. The molecule has 6 nitrogen and oxygen atoms in total. The first-order valence-corrected chi connectivity index (χ1v) is 6.72. The maximum atomic E-state index is 11.5. The maximum absolute atomic E-state index is 11.5. The van der Waals surface area contributed by atoms with Crippen molar-refractivity contribution >= 4 is 23.3 Å². The summed E-state index contributed by atoms with van der Waals surface area (Å²) in [7, 11) is 0. The number of amides is 1. The van der Waals surface area contributed by atoms with Crippen molar-refractivity contribution in [2.75, 3.05) is 18.1 Å². The molecule has 1 amide bonds. The van der Waals surface area contributed by atoms with Crippen LogP contribution in [-0.2, 0) is 4.74 Å². The number of nitrogens with two attached hydrogens (primary N) is 2. The van der Waals surface area contributed by atoms with E-state index in [1.807, 2.05) is 0 Å². The van der Waals surface area contributed by atoms with E-state index in [2.05, 4.69) is 12.2 Å². The summed E-state index contributed by atoms with van der Waals surface area (Å²) >= 11 is 0. The number of anilines is 2. The first-order valence-electron chi connectivity index (χ1n) is 6.72. The van der Waals surface area contributed by atoms with Crippen LogP contribution in [0, 0.1) is 5.41 Å². The van der Waals surface area contributed by atoms with Crippen LogP contribution in [0.3, 0.4) is 0 Å². The van der Waals surface area contributed by atoms with Gasteiger partial charge in [0.15, 0.2) is 0 Å². The zero-order valence-corrected chi connectivity index (χ0v) is 11.7. The predicted molar refractivity (Wildman–Crippen MR) is 80.7 cm³/mol. The minimum Gasteiger partial charge on any atom is -0.449 e. The van der Waals surface area contributed by atoms with Crippen molar-refractivity contribution in [3.05, 3.63) is 23.8 Å². The Morgan fingerprint density at radius 3 is 2.65 bits per heavy atom. The monoisotopic (exact) mass is 278 g/mol. The number of hydrogen-bond donors (Lipinski definition) is 4. The molecule has 0 fully saturated rings. The highest BCUT2D eigenvalue weighted by Gasteiger charge is 2.08. The smallest absolute Gasteiger partial charge is 0.412 e. The van der Waals surface area contributed by atoms with Crippen molar-refractivity contribution < 1.29 is 9.53 Å². The van der Waals surface area contributed by atoms with Gasteiger partial charge < -0.3 is 16.2 Å². The number of alkyl carbamates (subject to hydrolysis) is 1. The van der Waals surface area contributed by atoms with E-state index in [0.717, 1.165) is 25.7 Å². The molecule has 0 heterocycles. The Morgan fingerprint density at radius 2 is 2.00 bits per heavy atom. The number of benzene rings is 1. The van der Waals surface area contributed by atoms with Crippen LogP contribution in [0.25, 0.3) is 0 Å². The minimum atomic E-state index is -0.623. The molecule has 0 radical (unpaired) electrons. The molecule has 0 spiro atoms. The molecule has 1 rings (SSSR count). The number of unbranched alkanes of at least 4 members (excludes halogenated alkanes) is 3. The van der Waals surface area contributed by atoms with Gasteiger partial charge in [-0.1, -0.05) is 26.2 Å². The number of ether oxygens (including phenoxy) is 1. The summed E-state index contributed by atoms with van der Waals surface area (Å²) in [5, 5.41) is 10.1. The Labute approximate surface area is 119 Å². The Balaban J connectivity index is 2.37. The molecule has 20 heavy (non-hydrogen) atoms. The molecular weight excluding hydrogens is 256 g/mol. The Bertz CT molecular complexity index is 474. The lowest BCUT2D eigenvalue weighted by Gasteiger charge is -2.09. The lowest BCUT2D eigenvalue weighted by atomic mass is 10.1. The lowest BCUT2D eigenvalue weighted by molar-refractivity contribution is 0.149. The van der Waals surface area contributed by atoms with E-state index in [1.165, 1.54) is 0 Å². The molecule has 0 atom stereocenters. The Kier molecular flexibility index (Phi) is 6.36. The molecular formula is C14H22N4O2. The first kappa shape index (κ1) is 15.8. The van der Waals surface area contributed by atoms with Crippen molar-refractivity contribution in [2.45, 2.75) is 32.6 Å². The molecule has 1 aromatic carbocycles. The van der Waals surface area contributed by atoms with Crippen molar-refractivity contribution in [1.29, 1.82) is 5.41 Å². The van der Waals surface area contributed by atoms with Gasteiger partial charge in [-0.05, 0) is 24.6 Å². The zero-order chi connectivity index (χ0) is 15.0. The number of rotatable bonds is 6. The van der Waals surface area contributed by atoms with E-state index in [-0.39, 0.29) is 5.84 Å². The van der Waals surface area contributed by atoms with Crippen molar-refractivity contribution in [3.8, 4) is 0 Å². The SMILES string of the molecule is CCCCCCOC(=O)NC(=N)c1ccc(N)c(N)c1. The van der Waals surface area contributed by atoms with Crippen LogP contribution in [0.4, 0.5) is 16.2 Å². The molecule has 0 aliphatic carbocycles. The molecule has 0 aliphatic rings. The third-order valence-electron chi connectivity index (χ3n) is 2.83. The summed E-state index contributed by atoms with van der Waals surface area (Å²) in [6.07, 6.45) is 3.52. The second kappa shape index (κ2) is 8.04. The molecule has 1 aromatic rings. The summed E-state index contributed by atoms with van der Waals surface area (Å²) in [6.45, 7) is 2.48. The number of nitrogens with one attached hydrogen (secondary N) is 2. The maximum Gasteiger partial charge on any atom is 0.412 e. The van der Waals surface area contributed by atoms with Gasteiger partial charge in [-0.25, -0.2) is 4.79 Å². The van der Waals surface area contributed by atoms with Gasteiger partial charge in [0, 0.05) is 5.56 Å². The lowest BCUT2D eigenvalue weighted by Crippen LogP contribution is -2.31. The quantitative estimate of drug-likeness (QED) is 0.277. The van der Waals surface area contributed by atoms with Crippen LogP contribution in [0.1, 0.15) is 38.2 Å². The molecule has 0 bridgehead atoms. The van der Waals surface area contributed by atoms with Gasteiger partial charge in [-0.15, -0.1) is 0 Å². The van der Waals surface area contributed by atoms with Crippen molar-refractivity contribution in [3.63, 3.8) is 0 Å². The van der Waals surface area contributed by atoms with Crippen molar-refractivity contribution in [2.24, 2.45) is 0 Å². The van der Waals surface area contributed by atoms with Crippen molar-refractivity contribution in [1.82, 2.24) is 5.32 Å². The third-order valence-corrected chi connectivity index (χ3v) is 2.83. The molecule has 110 valence electrons. The summed E-state index contributed by atoms with van der Waals surface area (Å²) < 4.78 is 4.99. The predicted octanol–water partition coefficient (Wildman–Crippen LogP) is 2.48. The van der Waals surface area contributed by atoms with Crippen LogP contribution >= 0.6 is 0 Å². The van der Waals surface area contributed by atoms with Gasteiger partial charge in [-0.2, -0.15) is 0 Å². The zero-order valence-electron chi connectivity index (χ0n) is 11.7. The van der Waals surface area contributed by atoms with Gasteiger partial charge >= 0.3 is 6.09 Å². The topological polar surface area (TPSA) is 114 Å². The van der Waals surface area contributed by atoms with Gasteiger partial charge in [0.05, 0.1) is 18.0 Å². The summed E-state index contributed by atoms with van der Waals surface area (Å²) in [5.41, 5.74) is 12.5. The molecule has 0 saturated carbocycles. The van der Waals surface area contributed by atoms with Gasteiger partial charge in [0.1, 0.15) is 5.84 Å². The molecule has 0 saturated heterocycles. The standard InChI is InChI=1S/C14H22N4O2/c1-2-3-4-5-8-20-14(19)18-13(17)10-6-7-11(15)12(16)9-10/h6-7,9H,2-5,8,15-16H2,1H3,(H2,17,18,19). The highest BCUT2D eigenvalue weighted by atomic mass is 16.5. The van der Waals surface area contributed by atoms with Crippen LogP contribution in [-0.4, -0.2) is 18.5 Å². The molecule has 6 heteroatoms. The summed E-state index contributed by atoms with van der Waals surface area (Å²) in [6, 6.07) is 4.76. The summed E-state index contributed by atoms with van der Waals surface area (Å²) in [5.74, 6) is -0.0599. The molecule has 0 aromatic heterocycles. The largest absolute Gasteiger partial charge is 0.449 e. The van der Waals surface area contributed by atoms with E-state index >= 15 is 0 Å². The highest BCUT2D eigenvalue weighted by molar-refractivity contribution is 6.05. The Hall–Kier alpha value is -2.24. The highest BCUT2D eigenvalue weighted by Crippen LogP contribution is 2.15. The molecule has 0 aliphatic heterocycles. The van der Waals surface area contributed by atoms with Crippen LogP contribution in [0.15, 0.2) is 18.2 Å². The van der Waals surface area contributed by atoms with E-state index in [9.17, 15) is 4.79 Å². The normalized spacial score (nSPS) is 10.1. The second-order valence-corrected chi connectivity index (χ2v) is 4.54. The fourth-order valence-electron chi connectivity index (χ4n) is 1.63. The average molecular weight is 278 g/mol. The van der Waals surface area contributed by atoms with Crippen LogP contribution < -0.4 is 16.8 Å². The Morgan fingerprint density at radius 1 is 1.25 bits per heavy atom. The van der Waals surface area contributed by atoms with E-state index in [0.29, 0.717) is 23.5 Å². The van der Waals surface area contributed by atoms with Gasteiger partial charge in [0.25, 0.3) is 0 Å². The number of carbonyl (C=O) groups is 1. The van der Waals surface area contributed by atoms with Crippen LogP contribution in [0.2, 0.25) is 0 Å². The minimum absolute atomic E-state index is 0.0599. The fourth-order valence-corrected chi connectivity index (χ4v) is 1.63. The first-order chi connectivity index (χ1) is 9.54. The van der Waals surface area contributed by atoms with E-state index in [4.69, 9.17) is 21.6 Å². The molecule has 0 unspecified atom stereocenters. The molecule has 6 N–H and O–H groups in total. The van der Waals surface area contributed by atoms with Gasteiger partial charge in [0.2, 0.25) is 0 Å². The second-order valence-electron chi connectivity index (χ2n) is 4.54. The van der Waals surface area contributed by atoms with E-state index in [1.54, 1.807) is 18.2 Å². The fraction of sp³-hybridized carbons (Fsp3) is 0.429. The van der Waals surface area contributed by atoms with Crippen LogP contribution in [0.5, 0.6) is 0 Å². The number of carbonyl (C=O) groups excluding carboxylic acids is 1. The number of nitrogen functional groups attached to an aromatic ring is 2. The third kappa shape index (κ3) is 5.17. The summed E-state index contributed by atoms with van der Waals surface area (Å²) in [4.78, 5) is 11.5. The number of amidine groups is 1.